The van der Waals surface area contributed by atoms with Crippen LogP contribution < -0.4 is 5.32 Å². The highest BCUT2D eigenvalue weighted by atomic mass is 19.1. The van der Waals surface area contributed by atoms with Crippen molar-refractivity contribution in [3.05, 3.63) is 29.8 Å². The molecule has 5 heteroatoms. The average Bonchev–Trinajstić information content (AvgIpc) is 2.81. The molecule has 1 N–H and O–H groups in total. The molecule has 1 amide bonds. The second-order valence-electron chi connectivity index (χ2n) is 3.92. The summed E-state index contributed by atoms with van der Waals surface area (Å²) in [7, 11) is 1.71. The second kappa shape index (κ2) is 4.57. The van der Waals surface area contributed by atoms with Crippen LogP contribution in [0.1, 0.15) is 16.8 Å². The van der Waals surface area contributed by atoms with E-state index in [0.29, 0.717) is 0 Å². The third-order valence-electron chi connectivity index (χ3n) is 2.91. The minimum Gasteiger partial charge on any atom is -0.337 e. The van der Waals surface area contributed by atoms with E-state index in [1.54, 1.807) is 11.9 Å². The Labute approximate surface area is 93.5 Å². The second-order valence-corrected chi connectivity index (χ2v) is 3.92. The van der Waals surface area contributed by atoms with Crippen LogP contribution in [0, 0.1) is 5.82 Å². The molecule has 0 bridgehead atoms. The van der Waals surface area contributed by atoms with Crippen molar-refractivity contribution in [2.75, 3.05) is 20.1 Å². The predicted molar refractivity (Wildman–Crippen MR) is 57.6 cm³/mol. The van der Waals surface area contributed by atoms with Gasteiger partial charge in [0.2, 0.25) is 0 Å². The summed E-state index contributed by atoms with van der Waals surface area (Å²) in [5.41, 5.74) is 0.0874. The number of amides is 1. The van der Waals surface area contributed by atoms with Gasteiger partial charge < -0.3 is 10.2 Å². The van der Waals surface area contributed by atoms with Gasteiger partial charge in [-0.3, -0.25) is 9.78 Å². The number of halogens is 1. The quantitative estimate of drug-likeness (QED) is 0.801. The molecule has 1 unspecified atom stereocenters. The average molecular weight is 223 g/mol. The van der Waals surface area contributed by atoms with Gasteiger partial charge in [-0.1, -0.05) is 0 Å². The summed E-state index contributed by atoms with van der Waals surface area (Å²) < 4.78 is 13.4. The van der Waals surface area contributed by atoms with Gasteiger partial charge in [0.25, 0.3) is 5.91 Å². The molecule has 2 heterocycles. The Morgan fingerprint density at radius 3 is 3.12 bits per heavy atom. The Morgan fingerprint density at radius 2 is 2.50 bits per heavy atom. The van der Waals surface area contributed by atoms with Crippen molar-refractivity contribution in [1.29, 1.82) is 0 Å². The number of nitrogens with zero attached hydrogens (tertiary/aromatic N) is 2. The zero-order chi connectivity index (χ0) is 11.5. The van der Waals surface area contributed by atoms with Crippen LogP contribution in [0.5, 0.6) is 0 Å². The van der Waals surface area contributed by atoms with Crippen LogP contribution in [0.15, 0.2) is 18.5 Å². The molecule has 0 saturated carbocycles. The molecule has 1 aliphatic rings. The monoisotopic (exact) mass is 223 g/mol. The zero-order valence-electron chi connectivity index (χ0n) is 9.11. The first-order valence-electron chi connectivity index (χ1n) is 5.27. The summed E-state index contributed by atoms with van der Waals surface area (Å²) in [5.74, 6) is -0.848. The van der Waals surface area contributed by atoms with Crippen LogP contribution in [-0.4, -0.2) is 42.0 Å². The molecule has 16 heavy (non-hydrogen) atoms. The first-order valence-corrected chi connectivity index (χ1v) is 5.27. The van der Waals surface area contributed by atoms with Gasteiger partial charge in [-0.05, 0) is 19.0 Å². The number of hydrogen-bond acceptors (Lipinski definition) is 3. The van der Waals surface area contributed by atoms with Gasteiger partial charge in [0.05, 0.1) is 11.8 Å². The molecule has 0 aromatic carbocycles. The lowest BCUT2D eigenvalue weighted by atomic mass is 10.1. The minimum absolute atomic E-state index is 0.0874. The highest BCUT2D eigenvalue weighted by molar-refractivity contribution is 5.94. The number of aromatic nitrogens is 1. The molecule has 1 aliphatic heterocycles. The molecule has 1 saturated heterocycles. The first-order chi connectivity index (χ1) is 7.70. The lowest BCUT2D eigenvalue weighted by Gasteiger charge is -2.23. The summed E-state index contributed by atoms with van der Waals surface area (Å²) >= 11 is 0. The molecule has 0 radical (unpaired) electrons. The van der Waals surface area contributed by atoms with E-state index in [-0.39, 0.29) is 17.5 Å². The van der Waals surface area contributed by atoms with Crippen molar-refractivity contribution in [3.8, 4) is 0 Å². The number of hydrogen-bond donors (Lipinski definition) is 1. The van der Waals surface area contributed by atoms with Gasteiger partial charge in [0, 0.05) is 25.8 Å². The van der Waals surface area contributed by atoms with Gasteiger partial charge in [-0.15, -0.1) is 0 Å². The fraction of sp³-hybridized carbons (Fsp3) is 0.455. The SMILES string of the molecule is CN(C(=O)c1ccncc1F)C1CCNC1. The number of pyridine rings is 1. The molecule has 0 spiro atoms. The Balaban J connectivity index is 2.15. The fourth-order valence-corrected chi connectivity index (χ4v) is 1.87. The Morgan fingerprint density at radius 1 is 1.69 bits per heavy atom. The zero-order valence-corrected chi connectivity index (χ0v) is 9.11. The molecule has 2 rings (SSSR count). The summed E-state index contributed by atoms with van der Waals surface area (Å²) in [6.07, 6.45) is 3.40. The van der Waals surface area contributed by atoms with Crippen molar-refractivity contribution in [1.82, 2.24) is 15.2 Å². The molecule has 1 aromatic rings. The minimum atomic E-state index is -0.565. The summed E-state index contributed by atoms with van der Waals surface area (Å²) in [5, 5.41) is 3.17. The third kappa shape index (κ3) is 2.04. The van der Waals surface area contributed by atoms with Crippen LogP contribution in [0.3, 0.4) is 0 Å². The molecule has 86 valence electrons. The van der Waals surface area contributed by atoms with Crippen molar-refractivity contribution < 1.29 is 9.18 Å². The van der Waals surface area contributed by atoms with Gasteiger partial charge >= 0.3 is 0 Å². The number of carbonyl (C=O) groups excluding carboxylic acids is 1. The number of nitrogens with one attached hydrogen (secondary N) is 1. The Kier molecular flexibility index (Phi) is 3.14. The number of rotatable bonds is 2. The first kappa shape index (κ1) is 11.0. The van der Waals surface area contributed by atoms with Crippen molar-refractivity contribution in [2.24, 2.45) is 0 Å². The van der Waals surface area contributed by atoms with Crippen LogP contribution >= 0.6 is 0 Å². The van der Waals surface area contributed by atoms with Crippen LogP contribution in [0.2, 0.25) is 0 Å². The molecule has 1 atom stereocenters. The summed E-state index contributed by atoms with van der Waals surface area (Å²) in [4.78, 5) is 17.2. The van der Waals surface area contributed by atoms with E-state index < -0.39 is 5.82 Å². The van der Waals surface area contributed by atoms with Crippen LogP contribution in [0.4, 0.5) is 4.39 Å². The van der Waals surface area contributed by atoms with Crippen LogP contribution in [-0.2, 0) is 0 Å². The summed E-state index contributed by atoms with van der Waals surface area (Å²) in [6, 6.07) is 1.57. The maximum Gasteiger partial charge on any atom is 0.256 e. The molecule has 1 aromatic heterocycles. The van der Waals surface area contributed by atoms with E-state index in [1.165, 1.54) is 12.3 Å². The third-order valence-corrected chi connectivity index (χ3v) is 2.91. The lowest BCUT2D eigenvalue weighted by molar-refractivity contribution is 0.0739. The van der Waals surface area contributed by atoms with Crippen molar-refractivity contribution >= 4 is 5.91 Å². The number of likely N-dealkylation sites (N-methyl/N-ethyl adjacent to an activating group) is 1. The predicted octanol–water partition coefficient (Wildman–Crippen LogP) is 0.655. The molecular weight excluding hydrogens is 209 g/mol. The van der Waals surface area contributed by atoms with E-state index in [4.69, 9.17) is 0 Å². The van der Waals surface area contributed by atoms with E-state index in [0.717, 1.165) is 25.7 Å². The highest BCUT2D eigenvalue weighted by Gasteiger charge is 2.25. The van der Waals surface area contributed by atoms with E-state index >= 15 is 0 Å². The van der Waals surface area contributed by atoms with Gasteiger partial charge in [-0.2, -0.15) is 0 Å². The van der Waals surface area contributed by atoms with Gasteiger partial charge in [0.1, 0.15) is 0 Å². The smallest absolute Gasteiger partial charge is 0.256 e. The van der Waals surface area contributed by atoms with Crippen molar-refractivity contribution in [2.45, 2.75) is 12.5 Å². The molecule has 4 nitrogen and oxygen atoms in total. The largest absolute Gasteiger partial charge is 0.337 e. The topological polar surface area (TPSA) is 45.2 Å². The maximum atomic E-state index is 13.4. The summed E-state index contributed by atoms with van der Waals surface area (Å²) in [6.45, 7) is 1.68. The number of carbonyl (C=O) groups is 1. The molecular formula is C11H14FN3O. The van der Waals surface area contributed by atoms with Crippen LogP contribution in [0.25, 0.3) is 0 Å². The highest BCUT2D eigenvalue weighted by Crippen LogP contribution is 2.13. The van der Waals surface area contributed by atoms with Gasteiger partial charge in [-0.25, -0.2) is 4.39 Å². The van der Waals surface area contributed by atoms with E-state index in [1.807, 2.05) is 0 Å². The van der Waals surface area contributed by atoms with E-state index in [9.17, 15) is 9.18 Å². The molecule has 0 aliphatic carbocycles. The standard InChI is InChI=1S/C11H14FN3O/c1-15(8-2-4-13-6-8)11(16)9-3-5-14-7-10(9)12/h3,5,7-8,13H,2,4,6H2,1H3. The van der Waals surface area contributed by atoms with E-state index in [2.05, 4.69) is 10.3 Å². The Bertz CT molecular complexity index is 391. The maximum absolute atomic E-state index is 13.4. The normalized spacial score (nSPS) is 19.8. The fourth-order valence-electron chi connectivity index (χ4n) is 1.87. The lowest BCUT2D eigenvalue weighted by Crippen LogP contribution is -2.38. The van der Waals surface area contributed by atoms with Gasteiger partial charge in [0.15, 0.2) is 5.82 Å². The molecule has 1 fully saturated rings. The van der Waals surface area contributed by atoms with Crippen molar-refractivity contribution in [3.63, 3.8) is 0 Å². The Hall–Kier alpha value is -1.49.